The number of aryl methyl sites for hydroxylation is 1. The van der Waals surface area contributed by atoms with Gasteiger partial charge in [-0.2, -0.15) is 5.10 Å². The molecule has 0 spiro atoms. The molecule has 0 unspecified atom stereocenters. The van der Waals surface area contributed by atoms with E-state index in [2.05, 4.69) is 10.4 Å². The Morgan fingerprint density at radius 2 is 1.83 bits per heavy atom. The molecule has 0 aliphatic carbocycles. The molecule has 0 saturated heterocycles. The second-order valence-electron chi connectivity index (χ2n) is 5.18. The van der Waals surface area contributed by atoms with Crippen molar-refractivity contribution in [2.75, 3.05) is 5.32 Å². The minimum atomic E-state index is -0.0280. The zero-order valence-corrected chi connectivity index (χ0v) is 13.2. The van der Waals surface area contributed by atoms with Crippen molar-refractivity contribution in [2.24, 2.45) is 0 Å². The van der Waals surface area contributed by atoms with E-state index in [9.17, 15) is 4.79 Å². The minimum Gasteiger partial charge on any atom is -0.326 e. The van der Waals surface area contributed by atoms with Gasteiger partial charge in [0, 0.05) is 23.3 Å². The third-order valence-electron chi connectivity index (χ3n) is 3.43. The molecule has 1 aromatic heterocycles. The summed E-state index contributed by atoms with van der Waals surface area (Å²) in [5.74, 6) is -0.0280. The van der Waals surface area contributed by atoms with Crippen molar-refractivity contribution in [1.82, 2.24) is 9.78 Å². The highest BCUT2D eigenvalue weighted by Gasteiger charge is 2.06. The highest BCUT2D eigenvalue weighted by atomic mass is 35.5. The molecule has 3 rings (SSSR count). The summed E-state index contributed by atoms with van der Waals surface area (Å²) in [6.45, 7) is 0. The Balaban J connectivity index is 1.55. The van der Waals surface area contributed by atoms with Crippen LogP contribution in [0.25, 0.3) is 5.69 Å². The van der Waals surface area contributed by atoms with Gasteiger partial charge in [-0.3, -0.25) is 4.79 Å². The van der Waals surface area contributed by atoms with Gasteiger partial charge in [0.25, 0.3) is 0 Å². The number of hydrogen-bond donors (Lipinski definition) is 1. The van der Waals surface area contributed by atoms with Crippen molar-refractivity contribution in [1.29, 1.82) is 0 Å². The number of carbonyl (C=O) groups is 1. The van der Waals surface area contributed by atoms with Gasteiger partial charge in [0.2, 0.25) is 5.91 Å². The quantitative estimate of drug-likeness (QED) is 0.767. The van der Waals surface area contributed by atoms with Crippen molar-refractivity contribution in [2.45, 2.75) is 12.8 Å². The number of nitrogens with zero attached hydrogens (tertiary/aromatic N) is 2. The summed E-state index contributed by atoms with van der Waals surface area (Å²) in [5, 5.41) is 7.83. The van der Waals surface area contributed by atoms with Crippen LogP contribution in [0.2, 0.25) is 5.02 Å². The monoisotopic (exact) mass is 325 g/mol. The predicted octanol–water partition coefficient (Wildman–Crippen LogP) is 4.10. The SMILES string of the molecule is O=C(CCc1cnn(-c2ccccc2)c1)Nc1ccc(Cl)cc1. The number of halogens is 1. The molecule has 0 bridgehead atoms. The molecule has 3 aromatic rings. The number of benzene rings is 2. The van der Waals surface area contributed by atoms with Crippen molar-refractivity contribution in [3.8, 4) is 5.69 Å². The summed E-state index contributed by atoms with van der Waals surface area (Å²) in [6, 6.07) is 17.0. The summed E-state index contributed by atoms with van der Waals surface area (Å²) in [5.41, 5.74) is 2.78. The summed E-state index contributed by atoms with van der Waals surface area (Å²) >= 11 is 5.82. The number of carbonyl (C=O) groups excluding carboxylic acids is 1. The molecule has 116 valence electrons. The van der Waals surface area contributed by atoms with Crippen LogP contribution < -0.4 is 5.32 Å². The van der Waals surface area contributed by atoms with Crippen LogP contribution in [0.5, 0.6) is 0 Å². The van der Waals surface area contributed by atoms with E-state index in [0.29, 0.717) is 17.9 Å². The zero-order chi connectivity index (χ0) is 16.1. The number of anilines is 1. The van der Waals surface area contributed by atoms with E-state index in [4.69, 9.17) is 11.6 Å². The van der Waals surface area contributed by atoms with E-state index in [0.717, 1.165) is 16.9 Å². The number of nitrogens with one attached hydrogen (secondary N) is 1. The zero-order valence-electron chi connectivity index (χ0n) is 12.4. The second-order valence-corrected chi connectivity index (χ2v) is 5.62. The largest absolute Gasteiger partial charge is 0.326 e. The van der Waals surface area contributed by atoms with Gasteiger partial charge in [0.1, 0.15) is 0 Å². The highest BCUT2D eigenvalue weighted by Crippen LogP contribution is 2.14. The first-order valence-corrected chi connectivity index (χ1v) is 7.73. The van der Waals surface area contributed by atoms with Crippen molar-refractivity contribution < 1.29 is 4.79 Å². The van der Waals surface area contributed by atoms with E-state index in [1.54, 1.807) is 30.5 Å². The van der Waals surface area contributed by atoms with Crippen LogP contribution >= 0.6 is 11.6 Å². The average molecular weight is 326 g/mol. The second kappa shape index (κ2) is 7.11. The van der Waals surface area contributed by atoms with Crippen LogP contribution in [-0.2, 0) is 11.2 Å². The normalized spacial score (nSPS) is 10.5. The molecule has 1 heterocycles. The Morgan fingerprint density at radius 1 is 1.09 bits per heavy atom. The number of aromatic nitrogens is 2. The summed E-state index contributed by atoms with van der Waals surface area (Å²) in [7, 11) is 0. The van der Waals surface area contributed by atoms with Gasteiger partial charge in [-0.25, -0.2) is 4.68 Å². The first-order valence-electron chi connectivity index (χ1n) is 7.35. The molecule has 1 amide bonds. The number of hydrogen-bond acceptors (Lipinski definition) is 2. The van der Waals surface area contributed by atoms with Gasteiger partial charge >= 0.3 is 0 Å². The lowest BCUT2D eigenvalue weighted by Gasteiger charge is -2.04. The number of para-hydroxylation sites is 1. The number of amides is 1. The Bertz CT molecular complexity index is 782. The summed E-state index contributed by atoms with van der Waals surface area (Å²) < 4.78 is 1.81. The van der Waals surface area contributed by atoms with E-state index in [-0.39, 0.29) is 5.91 Å². The van der Waals surface area contributed by atoms with Crippen LogP contribution in [-0.4, -0.2) is 15.7 Å². The van der Waals surface area contributed by atoms with Gasteiger partial charge in [-0.05, 0) is 48.4 Å². The van der Waals surface area contributed by atoms with Crippen LogP contribution in [0, 0.1) is 0 Å². The van der Waals surface area contributed by atoms with Crippen LogP contribution in [0.15, 0.2) is 67.0 Å². The highest BCUT2D eigenvalue weighted by molar-refractivity contribution is 6.30. The lowest BCUT2D eigenvalue weighted by atomic mass is 10.2. The van der Waals surface area contributed by atoms with Gasteiger partial charge in [0.05, 0.1) is 11.9 Å². The molecule has 2 aromatic carbocycles. The standard InChI is InChI=1S/C18H16ClN3O/c19-15-7-9-16(10-8-15)21-18(23)11-6-14-12-20-22(13-14)17-4-2-1-3-5-17/h1-5,7-10,12-13H,6,11H2,(H,21,23). The van der Waals surface area contributed by atoms with Gasteiger partial charge < -0.3 is 5.32 Å². The molecule has 0 fully saturated rings. The molecule has 4 nitrogen and oxygen atoms in total. The Hall–Kier alpha value is -2.59. The molecule has 5 heteroatoms. The van der Waals surface area contributed by atoms with Crippen molar-refractivity contribution in [3.63, 3.8) is 0 Å². The Kier molecular flexibility index (Phi) is 4.74. The van der Waals surface area contributed by atoms with E-state index in [1.807, 2.05) is 41.2 Å². The van der Waals surface area contributed by atoms with Gasteiger partial charge in [-0.1, -0.05) is 29.8 Å². The smallest absolute Gasteiger partial charge is 0.224 e. The molecular formula is C18H16ClN3O. The van der Waals surface area contributed by atoms with Crippen LogP contribution in [0.1, 0.15) is 12.0 Å². The predicted molar refractivity (Wildman–Crippen MR) is 92.0 cm³/mol. The minimum absolute atomic E-state index is 0.0280. The Labute approximate surface area is 139 Å². The topological polar surface area (TPSA) is 46.9 Å². The van der Waals surface area contributed by atoms with E-state index < -0.39 is 0 Å². The summed E-state index contributed by atoms with van der Waals surface area (Å²) in [4.78, 5) is 12.0. The first kappa shape index (κ1) is 15.3. The van der Waals surface area contributed by atoms with Gasteiger partial charge in [0.15, 0.2) is 0 Å². The molecule has 0 saturated carbocycles. The average Bonchev–Trinajstić information content (AvgIpc) is 3.05. The van der Waals surface area contributed by atoms with Crippen molar-refractivity contribution in [3.05, 3.63) is 77.6 Å². The molecule has 0 aliphatic heterocycles. The van der Waals surface area contributed by atoms with E-state index in [1.165, 1.54) is 0 Å². The molecule has 0 atom stereocenters. The lowest BCUT2D eigenvalue weighted by molar-refractivity contribution is -0.116. The molecule has 1 N–H and O–H groups in total. The van der Waals surface area contributed by atoms with E-state index >= 15 is 0 Å². The molecule has 0 aliphatic rings. The van der Waals surface area contributed by atoms with Crippen LogP contribution in [0.4, 0.5) is 5.69 Å². The lowest BCUT2D eigenvalue weighted by Crippen LogP contribution is -2.12. The molecule has 23 heavy (non-hydrogen) atoms. The fourth-order valence-corrected chi connectivity index (χ4v) is 2.35. The third-order valence-corrected chi connectivity index (χ3v) is 3.68. The maximum atomic E-state index is 12.0. The Morgan fingerprint density at radius 3 is 2.57 bits per heavy atom. The number of rotatable bonds is 5. The van der Waals surface area contributed by atoms with Gasteiger partial charge in [-0.15, -0.1) is 0 Å². The summed E-state index contributed by atoms with van der Waals surface area (Å²) in [6.07, 6.45) is 4.79. The molecular weight excluding hydrogens is 310 g/mol. The fraction of sp³-hybridized carbons (Fsp3) is 0.111. The maximum absolute atomic E-state index is 12.0. The van der Waals surface area contributed by atoms with Crippen molar-refractivity contribution >= 4 is 23.2 Å². The maximum Gasteiger partial charge on any atom is 0.224 e. The molecule has 0 radical (unpaired) electrons. The third kappa shape index (κ3) is 4.20. The van der Waals surface area contributed by atoms with Crippen LogP contribution in [0.3, 0.4) is 0 Å². The fourth-order valence-electron chi connectivity index (χ4n) is 2.23. The first-order chi connectivity index (χ1) is 11.2.